The van der Waals surface area contributed by atoms with E-state index in [9.17, 15) is 13.2 Å². The molecule has 112 valence electrons. The van der Waals surface area contributed by atoms with E-state index >= 15 is 0 Å². The first kappa shape index (κ1) is 15.6. The third-order valence-corrected chi connectivity index (χ3v) is 3.26. The van der Waals surface area contributed by atoms with Crippen LogP contribution in [0.4, 0.5) is 30.2 Å². The van der Waals surface area contributed by atoms with Crippen LogP contribution < -0.4 is 15.8 Å². The molecule has 0 unspecified atom stereocenters. The minimum absolute atomic E-state index is 0.0280. The summed E-state index contributed by atoms with van der Waals surface area (Å²) in [6.07, 6.45) is 0. The Balaban J connectivity index is 2.32. The van der Waals surface area contributed by atoms with Gasteiger partial charge in [0, 0.05) is 17.8 Å². The zero-order valence-corrected chi connectivity index (χ0v) is 11.9. The van der Waals surface area contributed by atoms with E-state index in [0.717, 1.165) is 12.1 Å². The van der Waals surface area contributed by atoms with E-state index in [0.29, 0.717) is 15.7 Å². The monoisotopic (exact) mass is 336 g/mol. The molecular formula is C13H9Cl2F3N2O. The second-order valence-electron chi connectivity index (χ2n) is 4.00. The molecule has 0 bridgehead atoms. The smallest absolute Gasteiger partial charge is 0.387 e. The number of nitrogens with one attached hydrogen (secondary N) is 1. The number of anilines is 3. The number of hydrogen-bond donors (Lipinski definition) is 2. The highest BCUT2D eigenvalue weighted by Crippen LogP contribution is 2.33. The van der Waals surface area contributed by atoms with E-state index in [2.05, 4.69) is 10.1 Å². The van der Waals surface area contributed by atoms with E-state index in [1.165, 1.54) is 6.07 Å². The van der Waals surface area contributed by atoms with Crippen molar-refractivity contribution in [2.24, 2.45) is 0 Å². The predicted octanol–water partition coefficient (Wildman–Crippen LogP) is 5.06. The largest absolute Gasteiger partial charge is 0.432 e. The molecule has 0 atom stereocenters. The highest BCUT2D eigenvalue weighted by Gasteiger charge is 2.13. The Labute approximate surface area is 128 Å². The Morgan fingerprint density at radius 2 is 1.81 bits per heavy atom. The van der Waals surface area contributed by atoms with E-state index in [-0.39, 0.29) is 11.4 Å². The molecule has 0 saturated carbocycles. The van der Waals surface area contributed by atoms with Gasteiger partial charge in [-0.2, -0.15) is 8.78 Å². The van der Waals surface area contributed by atoms with Gasteiger partial charge in [0.25, 0.3) is 0 Å². The van der Waals surface area contributed by atoms with Crippen LogP contribution in [0.3, 0.4) is 0 Å². The Morgan fingerprint density at radius 3 is 2.43 bits per heavy atom. The lowest BCUT2D eigenvalue weighted by Crippen LogP contribution is -2.05. The molecule has 0 radical (unpaired) electrons. The number of benzene rings is 2. The SMILES string of the molecule is Nc1cc(F)c(OC(F)F)cc1Nc1ccc(Cl)c(Cl)c1. The van der Waals surface area contributed by atoms with E-state index in [1.807, 2.05) is 0 Å². The lowest BCUT2D eigenvalue weighted by atomic mass is 10.2. The Hall–Kier alpha value is -1.79. The molecule has 0 aliphatic rings. The molecule has 0 aromatic heterocycles. The second kappa shape index (κ2) is 6.32. The van der Waals surface area contributed by atoms with Crippen molar-refractivity contribution >= 4 is 40.3 Å². The van der Waals surface area contributed by atoms with Crippen LogP contribution in [0.1, 0.15) is 0 Å². The zero-order valence-electron chi connectivity index (χ0n) is 10.3. The van der Waals surface area contributed by atoms with Gasteiger partial charge in [-0.05, 0) is 18.2 Å². The van der Waals surface area contributed by atoms with E-state index in [4.69, 9.17) is 28.9 Å². The molecule has 0 saturated heterocycles. The summed E-state index contributed by atoms with van der Waals surface area (Å²) in [7, 11) is 0. The Bertz CT molecular complexity index is 668. The number of nitrogens with two attached hydrogens (primary N) is 1. The van der Waals surface area contributed by atoms with Gasteiger partial charge in [-0.25, -0.2) is 4.39 Å². The maximum Gasteiger partial charge on any atom is 0.387 e. The Kier molecular flexibility index (Phi) is 4.69. The summed E-state index contributed by atoms with van der Waals surface area (Å²) in [5.74, 6) is -1.59. The second-order valence-corrected chi connectivity index (χ2v) is 4.82. The lowest BCUT2D eigenvalue weighted by molar-refractivity contribution is -0.0521. The van der Waals surface area contributed by atoms with Gasteiger partial charge in [0.1, 0.15) is 0 Å². The van der Waals surface area contributed by atoms with Crippen LogP contribution in [0.15, 0.2) is 30.3 Å². The van der Waals surface area contributed by atoms with Crippen LogP contribution in [-0.2, 0) is 0 Å². The first-order chi connectivity index (χ1) is 9.86. The fourth-order valence-corrected chi connectivity index (χ4v) is 1.89. The topological polar surface area (TPSA) is 47.3 Å². The normalized spacial score (nSPS) is 10.8. The minimum Gasteiger partial charge on any atom is -0.432 e. The summed E-state index contributed by atoms with van der Waals surface area (Å²) >= 11 is 11.6. The number of rotatable bonds is 4. The van der Waals surface area contributed by atoms with E-state index in [1.54, 1.807) is 12.1 Å². The number of ether oxygens (including phenoxy) is 1. The zero-order chi connectivity index (χ0) is 15.6. The quantitative estimate of drug-likeness (QED) is 0.767. The third kappa shape index (κ3) is 3.86. The van der Waals surface area contributed by atoms with Crippen LogP contribution in [0, 0.1) is 5.82 Å². The molecule has 8 heteroatoms. The van der Waals surface area contributed by atoms with Crippen molar-refractivity contribution in [3.05, 3.63) is 46.2 Å². The summed E-state index contributed by atoms with van der Waals surface area (Å²) in [5, 5.41) is 3.48. The van der Waals surface area contributed by atoms with Crippen LogP contribution >= 0.6 is 23.2 Å². The molecule has 21 heavy (non-hydrogen) atoms. The summed E-state index contributed by atoms with van der Waals surface area (Å²) < 4.78 is 41.9. The van der Waals surface area contributed by atoms with Gasteiger partial charge in [0.2, 0.25) is 0 Å². The number of halogens is 5. The van der Waals surface area contributed by atoms with Crippen molar-refractivity contribution in [3.63, 3.8) is 0 Å². The van der Waals surface area contributed by atoms with Crippen molar-refractivity contribution < 1.29 is 17.9 Å². The van der Waals surface area contributed by atoms with Crippen molar-refractivity contribution in [3.8, 4) is 5.75 Å². The maximum atomic E-state index is 13.4. The van der Waals surface area contributed by atoms with Crippen LogP contribution in [0.5, 0.6) is 5.75 Å². The van der Waals surface area contributed by atoms with Crippen molar-refractivity contribution in [2.75, 3.05) is 11.1 Å². The first-order valence-electron chi connectivity index (χ1n) is 5.62. The first-order valence-corrected chi connectivity index (χ1v) is 6.38. The summed E-state index contributed by atoms with van der Waals surface area (Å²) in [4.78, 5) is 0. The van der Waals surface area contributed by atoms with Gasteiger partial charge < -0.3 is 15.8 Å². The standard InChI is InChI=1S/C13H9Cl2F3N2O/c14-7-2-1-6(3-8(7)15)20-11-5-12(21-13(17)18)9(16)4-10(11)19/h1-5,13,20H,19H2. The minimum atomic E-state index is -3.14. The summed E-state index contributed by atoms with van der Waals surface area (Å²) in [6, 6.07) is 6.59. The molecule has 0 heterocycles. The Morgan fingerprint density at radius 1 is 1.10 bits per heavy atom. The van der Waals surface area contributed by atoms with Gasteiger partial charge in [-0.15, -0.1) is 0 Å². The maximum absolute atomic E-state index is 13.4. The molecule has 3 N–H and O–H groups in total. The summed E-state index contributed by atoms with van der Waals surface area (Å²) in [5.41, 5.74) is 6.36. The van der Waals surface area contributed by atoms with Crippen LogP contribution in [-0.4, -0.2) is 6.61 Å². The molecule has 3 nitrogen and oxygen atoms in total. The van der Waals surface area contributed by atoms with Crippen LogP contribution in [0.25, 0.3) is 0 Å². The molecule has 2 aromatic rings. The molecule has 0 aliphatic heterocycles. The fraction of sp³-hybridized carbons (Fsp3) is 0.0769. The number of alkyl halides is 2. The average Bonchev–Trinajstić information content (AvgIpc) is 2.39. The molecule has 2 aromatic carbocycles. The highest BCUT2D eigenvalue weighted by molar-refractivity contribution is 6.42. The van der Waals surface area contributed by atoms with Crippen molar-refractivity contribution in [1.82, 2.24) is 0 Å². The van der Waals surface area contributed by atoms with Gasteiger partial charge in [-0.3, -0.25) is 0 Å². The van der Waals surface area contributed by atoms with Crippen molar-refractivity contribution in [1.29, 1.82) is 0 Å². The van der Waals surface area contributed by atoms with Gasteiger partial charge in [0.15, 0.2) is 11.6 Å². The van der Waals surface area contributed by atoms with Gasteiger partial charge >= 0.3 is 6.61 Å². The average molecular weight is 337 g/mol. The lowest BCUT2D eigenvalue weighted by Gasteiger charge is -2.13. The predicted molar refractivity (Wildman–Crippen MR) is 77.2 cm³/mol. The highest BCUT2D eigenvalue weighted by atomic mass is 35.5. The van der Waals surface area contributed by atoms with Crippen LogP contribution in [0.2, 0.25) is 10.0 Å². The van der Waals surface area contributed by atoms with E-state index < -0.39 is 18.2 Å². The fourth-order valence-electron chi connectivity index (χ4n) is 1.59. The summed E-state index contributed by atoms with van der Waals surface area (Å²) in [6.45, 7) is -3.14. The number of hydrogen-bond acceptors (Lipinski definition) is 3. The van der Waals surface area contributed by atoms with Gasteiger partial charge in [0.05, 0.1) is 21.4 Å². The molecular weight excluding hydrogens is 328 g/mol. The molecule has 0 amide bonds. The molecule has 0 fully saturated rings. The third-order valence-electron chi connectivity index (χ3n) is 2.52. The molecule has 2 rings (SSSR count). The molecule has 0 spiro atoms. The van der Waals surface area contributed by atoms with Gasteiger partial charge in [-0.1, -0.05) is 23.2 Å². The molecule has 0 aliphatic carbocycles. The number of nitrogen functional groups attached to an aromatic ring is 1. The van der Waals surface area contributed by atoms with Crippen molar-refractivity contribution in [2.45, 2.75) is 6.61 Å².